The molecular formula is C52H63ClN2S. The van der Waals surface area contributed by atoms with E-state index in [1.54, 1.807) is 0 Å². The largest absolute Gasteiger partial charge is 0.309 e. The number of halogens is 1. The maximum Gasteiger partial charge on any atom is 0.0887 e. The molecule has 6 aromatic rings. The molecular weight excluding hydrogens is 720 g/mol. The van der Waals surface area contributed by atoms with Crippen molar-refractivity contribution in [3.05, 3.63) is 141 Å². The van der Waals surface area contributed by atoms with E-state index in [9.17, 15) is 0 Å². The first-order valence-corrected chi connectivity index (χ1v) is 21.4. The van der Waals surface area contributed by atoms with Crippen LogP contribution in [-0.4, -0.2) is 0 Å². The fourth-order valence-corrected chi connectivity index (χ4v) is 8.72. The van der Waals surface area contributed by atoms with E-state index < -0.39 is 0 Å². The molecule has 0 radical (unpaired) electrons. The standard InChI is InChI=1S/C52H63ClN2S/c1-48(2,3)34-16-22-38(23-17-34)54(39-24-18-35(19-25-39)49(4,5)6)44-30-37(51(10,11)12)31-45(47(44)53)55(40-26-20-36(21-27-40)50(7,8)9)41-28-29-46-42(32-41)43(33-56-46)52(13,14)15/h16-33H,1-15H3. The number of benzene rings is 5. The molecule has 294 valence electrons. The van der Waals surface area contributed by atoms with E-state index in [1.807, 2.05) is 11.3 Å². The van der Waals surface area contributed by atoms with Crippen LogP contribution in [0.2, 0.25) is 5.02 Å². The number of anilines is 6. The van der Waals surface area contributed by atoms with Crippen LogP contribution >= 0.6 is 22.9 Å². The topological polar surface area (TPSA) is 6.48 Å². The molecule has 0 fully saturated rings. The highest BCUT2D eigenvalue weighted by molar-refractivity contribution is 7.17. The monoisotopic (exact) mass is 782 g/mol. The van der Waals surface area contributed by atoms with Gasteiger partial charge >= 0.3 is 0 Å². The van der Waals surface area contributed by atoms with Crippen LogP contribution in [0.4, 0.5) is 34.1 Å². The van der Waals surface area contributed by atoms with Gasteiger partial charge in [-0.3, -0.25) is 0 Å². The molecule has 0 unspecified atom stereocenters. The van der Waals surface area contributed by atoms with Crippen molar-refractivity contribution in [2.75, 3.05) is 9.80 Å². The smallest absolute Gasteiger partial charge is 0.0887 e. The minimum absolute atomic E-state index is 0.0125. The summed E-state index contributed by atoms with van der Waals surface area (Å²) in [5, 5.41) is 4.31. The Hall–Kier alpha value is -4.05. The van der Waals surface area contributed by atoms with Gasteiger partial charge in [0.1, 0.15) is 0 Å². The van der Waals surface area contributed by atoms with Gasteiger partial charge in [-0.2, -0.15) is 0 Å². The molecule has 0 spiro atoms. The molecule has 4 heteroatoms. The van der Waals surface area contributed by atoms with Crippen LogP contribution in [0.5, 0.6) is 0 Å². The minimum Gasteiger partial charge on any atom is -0.309 e. The second-order valence-corrected chi connectivity index (χ2v) is 22.0. The van der Waals surface area contributed by atoms with Crippen molar-refractivity contribution in [2.45, 2.75) is 131 Å². The first-order chi connectivity index (χ1) is 25.8. The summed E-state index contributed by atoms with van der Waals surface area (Å²) in [6.45, 7) is 34.2. The molecule has 0 aliphatic heterocycles. The Morgan fingerprint density at radius 2 is 0.732 bits per heavy atom. The minimum atomic E-state index is -0.162. The highest BCUT2D eigenvalue weighted by atomic mass is 35.5. The normalized spacial score (nSPS) is 13.0. The van der Waals surface area contributed by atoms with E-state index in [0.29, 0.717) is 5.02 Å². The molecule has 1 heterocycles. The van der Waals surface area contributed by atoms with Gasteiger partial charge in [0.2, 0.25) is 0 Å². The third-order valence-corrected chi connectivity index (χ3v) is 12.3. The molecule has 0 atom stereocenters. The molecule has 0 N–H and O–H groups in total. The highest BCUT2D eigenvalue weighted by Crippen LogP contribution is 2.50. The lowest BCUT2D eigenvalue weighted by atomic mass is 9.85. The quantitative estimate of drug-likeness (QED) is 0.166. The van der Waals surface area contributed by atoms with Crippen molar-refractivity contribution in [3.63, 3.8) is 0 Å². The fraction of sp³-hybridized carbons (Fsp3) is 0.385. The summed E-state index contributed by atoms with van der Waals surface area (Å²) < 4.78 is 1.29. The van der Waals surface area contributed by atoms with E-state index in [4.69, 9.17) is 11.6 Å². The van der Waals surface area contributed by atoms with Crippen molar-refractivity contribution in [2.24, 2.45) is 0 Å². The van der Waals surface area contributed by atoms with Crippen LogP contribution in [0.1, 0.15) is 132 Å². The van der Waals surface area contributed by atoms with Gasteiger partial charge in [-0.15, -0.1) is 11.3 Å². The van der Waals surface area contributed by atoms with E-state index in [2.05, 4.69) is 222 Å². The summed E-state index contributed by atoms with van der Waals surface area (Å²) in [7, 11) is 0. The zero-order valence-electron chi connectivity index (χ0n) is 36.6. The van der Waals surface area contributed by atoms with E-state index in [-0.39, 0.29) is 27.1 Å². The van der Waals surface area contributed by atoms with Crippen molar-refractivity contribution >= 4 is 67.1 Å². The first kappa shape index (κ1) is 41.6. The average Bonchev–Trinajstić information content (AvgIpc) is 3.53. The van der Waals surface area contributed by atoms with Gasteiger partial charge in [0.05, 0.1) is 16.4 Å². The molecule has 1 aromatic heterocycles. The lowest BCUT2D eigenvalue weighted by molar-refractivity contribution is 0.589. The second-order valence-electron chi connectivity index (χ2n) is 20.7. The van der Waals surface area contributed by atoms with Crippen LogP contribution in [0.25, 0.3) is 10.1 Å². The summed E-state index contributed by atoms with van der Waals surface area (Å²) in [5.41, 5.74) is 12.6. The van der Waals surface area contributed by atoms with Gasteiger partial charge in [-0.05, 0) is 132 Å². The molecule has 0 bridgehead atoms. The fourth-order valence-electron chi connectivity index (χ4n) is 7.28. The number of hydrogen-bond donors (Lipinski definition) is 0. The summed E-state index contributed by atoms with van der Waals surface area (Å²) in [6.07, 6.45) is 0. The lowest BCUT2D eigenvalue weighted by Crippen LogP contribution is -2.19. The number of fused-ring (bicyclic) bond motifs is 1. The summed E-state index contributed by atoms with van der Waals surface area (Å²) in [4.78, 5) is 4.72. The van der Waals surface area contributed by atoms with Crippen LogP contribution in [0, 0.1) is 0 Å². The first-order valence-electron chi connectivity index (χ1n) is 20.1. The molecule has 56 heavy (non-hydrogen) atoms. The van der Waals surface area contributed by atoms with Gasteiger partial charge < -0.3 is 9.80 Å². The molecule has 6 rings (SSSR count). The average molecular weight is 784 g/mol. The van der Waals surface area contributed by atoms with Crippen molar-refractivity contribution in [1.29, 1.82) is 0 Å². The second kappa shape index (κ2) is 14.7. The van der Waals surface area contributed by atoms with E-state index in [1.165, 1.54) is 37.9 Å². The molecule has 0 aliphatic carbocycles. The molecule has 2 nitrogen and oxygen atoms in total. The highest BCUT2D eigenvalue weighted by Gasteiger charge is 2.29. The molecule has 0 aliphatic rings. The Morgan fingerprint density at radius 3 is 1.07 bits per heavy atom. The van der Waals surface area contributed by atoms with Crippen LogP contribution in [0.15, 0.2) is 109 Å². The van der Waals surface area contributed by atoms with Crippen molar-refractivity contribution in [3.8, 4) is 0 Å². The molecule has 0 amide bonds. The molecule has 0 saturated carbocycles. The SMILES string of the molecule is CC(C)(C)c1ccc(N(c2ccc(C(C)(C)C)cc2)c2cc(C(C)(C)C)cc(N(c3ccc(C(C)(C)C)cc3)c3ccc4scc(C(C)(C)C)c4c3)c2Cl)cc1. The van der Waals surface area contributed by atoms with Crippen LogP contribution in [0.3, 0.4) is 0 Å². The maximum absolute atomic E-state index is 7.95. The predicted molar refractivity (Wildman–Crippen MR) is 250 cm³/mol. The lowest BCUT2D eigenvalue weighted by Gasteiger charge is -2.34. The Labute approximate surface area is 347 Å². The summed E-state index contributed by atoms with van der Waals surface area (Å²) in [5.74, 6) is 0. The molecule has 5 aromatic carbocycles. The third-order valence-electron chi connectivity index (χ3n) is 11.0. The Morgan fingerprint density at radius 1 is 0.393 bits per heavy atom. The van der Waals surface area contributed by atoms with E-state index in [0.717, 1.165) is 34.1 Å². The van der Waals surface area contributed by atoms with Crippen LogP contribution in [-0.2, 0) is 27.1 Å². The van der Waals surface area contributed by atoms with Gasteiger partial charge in [0.25, 0.3) is 0 Å². The van der Waals surface area contributed by atoms with Gasteiger partial charge in [0, 0.05) is 27.4 Å². The maximum atomic E-state index is 7.95. The summed E-state index contributed by atoms with van der Waals surface area (Å²) in [6, 6.07) is 38.7. The van der Waals surface area contributed by atoms with Gasteiger partial charge in [-0.25, -0.2) is 0 Å². The number of rotatable bonds is 6. The Balaban J connectivity index is 1.67. The van der Waals surface area contributed by atoms with Crippen LogP contribution < -0.4 is 9.80 Å². The van der Waals surface area contributed by atoms with Gasteiger partial charge in [0.15, 0.2) is 0 Å². The van der Waals surface area contributed by atoms with E-state index >= 15 is 0 Å². The van der Waals surface area contributed by atoms with Gasteiger partial charge in [-0.1, -0.05) is 152 Å². The zero-order valence-corrected chi connectivity index (χ0v) is 38.1. The Bertz CT molecular complexity index is 2250. The zero-order chi connectivity index (χ0) is 41.2. The van der Waals surface area contributed by atoms with Crippen molar-refractivity contribution < 1.29 is 0 Å². The number of hydrogen-bond acceptors (Lipinski definition) is 3. The van der Waals surface area contributed by atoms with Crippen molar-refractivity contribution in [1.82, 2.24) is 0 Å². The number of thiophene rings is 1. The third kappa shape index (κ3) is 8.60. The summed E-state index contributed by atoms with van der Waals surface area (Å²) >= 11 is 9.77. The number of nitrogens with zero attached hydrogens (tertiary/aromatic N) is 2. The predicted octanol–water partition coefficient (Wildman–Crippen LogP) is 17.0. The molecule has 0 saturated heterocycles. The Kier molecular flexibility index (Phi) is 10.9.